The fourth-order valence-electron chi connectivity index (χ4n) is 2.93. The molecule has 1 N–H and O–H groups in total. The van der Waals surface area contributed by atoms with E-state index in [1.54, 1.807) is 0 Å². The van der Waals surface area contributed by atoms with Crippen LogP contribution in [0.1, 0.15) is 24.4 Å². The lowest BCUT2D eigenvalue weighted by molar-refractivity contribution is 0.134. The molecule has 16 heavy (non-hydrogen) atoms. The van der Waals surface area contributed by atoms with Crippen LogP contribution in [0.5, 0.6) is 0 Å². The maximum absolute atomic E-state index is 5.46. The van der Waals surface area contributed by atoms with E-state index in [0.717, 1.165) is 13.2 Å². The van der Waals surface area contributed by atoms with Gasteiger partial charge < -0.3 is 10.1 Å². The second-order valence-electron chi connectivity index (χ2n) is 4.63. The van der Waals surface area contributed by atoms with E-state index in [0.29, 0.717) is 6.04 Å². The summed E-state index contributed by atoms with van der Waals surface area (Å²) in [5.41, 5.74) is 1.46. The molecular formula is C13H17NOS. The molecule has 1 aromatic rings. The van der Waals surface area contributed by atoms with Gasteiger partial charge in [-0.1, -0.05) is 18.2 Å². The van der Waals surface area contributed by atoms with Crippen LogP contribution in [0.4, 0.5) is 0 Å². The molecule has 1 fully saturated rings. The van der Waals surface area contributed by atoms with Crippen LogP contribution >= 0.6 is 11.8 Å². The number of methoxy groups -OCH3 is 1. The average Bonchev–Trinajstić information content (AvgIpc) is 2.63. The van der Waals surface area contributed by atoms with Crippen molar-refractivity contribution < 1.29 is 4.74 Å². The Morgan fingerprint density at radius 2 is 2.38 bits per heavy atom. The van der Waals surface area contributed by atoms with Gasteiger partial charge in [0, 0.05) is 12.0 Å². The third kappa shape index (κ3) is 1.50. The maximum Gasteiger partial charge on any atom is 0.0635 e. The van der Waals surface area contributed by atoms with E-state index in [9.17, 15) is 0 Å². The van der Waals surface area contributed by atoms with E-state index in [2.05, 4.69) is 29.6 Å². The molecule has 0 radical (unpaired) electrons. The molecule has 2 atom stereocenters. The van der Waals surface area contributed by atoms with Crippen LogP contribution in [0.2, 0.25) is 0 Å². The molecule has 0 aromatic heterocycles. The highest BCUT2D eigenvalue weighted by molar-refractivity contribution is 8.01. The van der Waals surface area contributed by atoms with Crippen molar-refractivity contribution in [1.82, 2.24) is 5.32 Å². The van der Waals surface area contributed by atoms with Crippen molar-refractivity contribution in [2.75, 3.05) is 20.3 Å². The standard InChI is InChI=1S/C13H17NOS/c1-15-9-13-7-4-8-14-12(13)10-5-2-3-6-11(10)16-13/h2-3,5-6,12,14H,4,7-9H2,1H3/t12-,13+/m0/s1. The highest BCUT2D eigenvalue weighted by Gasteiger charge is 2.48. The Morgan fingerprint density at radius 3 is 3.25 bits per heavy atom. The van der Waals surface area contributed by atoms with Gasteiger partial charge in [-0.3, -0.25) is 0 Å². The van der Waals surface area contributed by atoms with Gasteiger partial charge >= 0.3 is 0 Å². The third-order valence-electron chi connectivity index (χ3n) is 3.58. The zero-order chi connectivity index (χ0) is 11.0. The molecule has 0 unspecified atom stereocenters. The SMILES string of the molecule is COC[C@]12CCCN[C@H]1c1ccccc1S2. The highest BCUT2D eigenvalue weighted by Crippen LogP contribution is 2.55. The summed E-state index contributed by atoms with van der Waals surface area (Å²) in [5, 5.41) is 3.66. The molecule has 2 aliphatic rings. The number of piperidine rings is 1. The molecule has 2 nitrogen and oxygen atoms in total. The molecule has 2 heterocycles. The molecule has 1 aromatic carbocycles. The number of ether oxygens (including phenoxy) is 1. The Bertz CT molecular complexity index is 391. The van der Waals surface area contributed by atoms with Crippen LogP contribution in [0.25, 0.3) is 0 Å². The lowest BCUT2D eigenvalue weighted by atomic mass is 9.86. The van der Waals surface area contributed by atoms with Crippen LogP contribution in [-0.2, 0) is 4.74 Å². The van der Waals surface area contributed by atoms with Crippen LogP contribution in [0, 0.1) is 0 Å². The van der Waals surface area contributed by atoms with Crippen molar-refractivity contribution in [2.45, 2.75) is 28.5 Å². The molecule has 0 aliphatic carbocycles. The molecule has 3 rings (SSSR count). The van der Waals surface area contributed by atoms with Crippen molar-refractivity contribution in [3.05, 3.63) is 29.8 Å². The second-order valence-corrected chi connectivity index (χ2v) is 6.09. The molecule has 1 saturated heterocycles. The predicted octanol–water partition coefficient (Wildman–Crippen LogP) is 2.60. The van der Waals surface area contributed by atoms with Crippen molar-refractivity contribution in [3.63, 3.8) is 0 Å². The zero-order valence-electron chi connectivity index (χ0n) is 9.53. The molecule has 0 spiro atoms. The Balaban J connectivity index is 2.00. The minimum absolute atomic E-state index is 0.233. The minimum atomic E-state index is 0.233. The quantitative estimate of drug-likeness (QED) is 0.851. The van der Waals surface area contributed by atoms with Crippen LogP contribution in [0.15, 0.2) is 29.2 Å². The monoisotopic (exact) mass is 235 g/mol. The van der Waals surface area contributed by atoms with Gasteiger partial charge in [0.2, 0.25) is 0 Å². The predicted molar refractivity (Wildman–Crippen MR) is 66.9 cm³/mol. The summed E-state index contributed by atoms with van der Waals surface area (Å²) in [6.45, 7) is 1.97. The molecule has 3 heteroatoms. The lowest BCUT2D eigenvalue weighted by Crippen LogP contribution is -2.46. The van der Waals surface area contributed by atoms with Crippen molar-refractivity contribution in [2.24, 2.45) is 0 Å². The van der Waals surface area contributed by atoms with Crippen LogP contribution in [-0.4, -0.2) is 25.0 Å². The van der Waals surface area contributed by atoms with E-state index in [4.69, 9.17) is 4.74 Å². The summed E-state index contributed by atoms with van der Waals surface area (Å²) in [6, 6.07) is 9.23. The first-order valence-electron chi connectivity index (χ1n) is 5.86. The van der Waals surface area contributed by atoms with Crippen molar-refractivity contribution in [3.8, 4) is 0 Å². The molecule has 86 valence electrons. The summed E-state index contributed by atoms with van der Waals surface area (Å²) >= 11 is 2.00. The van der Waals surface area contributed by atoms with E-state index in [-0.39, 0.29) is 4.75 Å². The Hall–Kier alpha value is -0.510. The van der Waals surface area contributed by atoms with Crippen LogP contribution in [0.3, 0.4) is 0 Å². The molecule has 2 aliphatic heterocycles. The minimum Gasteiger partial charge on any atom is -0.383 e. The van der Waals surface area contributed by atoms with Gasteiger partial charge in [-0.05, 0) is 31.0 Å². The molecule has 0 amide bonds. The van der Waals surface area contributed by atoms with Gasteiger partial charge in [0.05, 0.1) is 17.4 Å². The summed E-state index contributed by atoms with van der Waals surface area (Å²) in [5.74, 6) is 0. The molecule has 0 saturated carbocycles. The number of nitrogens with one attached hydrogen (secondary N) is 1. The van der Waals surface area contributed by atoms with E-state index in [1.807, 2.05) is 18.9 Å². The summed E-state index contributed by atoms with van der Waals surface area (Å²) in [7, 11) is 1.81. The largest absolute Gasteiger partial charge is 0.383 e. The highest BCUT2D eigenvalue weighted by atomic mass is 32.2. The van der Waals surface area contributed by atoms with Crippen LogP contribution < -0.4 is 5.32 Å². The fourth-order valence-corrected chi connectivity index (χ4v) is 4.57. The number of benzene rings is 1. The molecule has 0 bridgehead atoms. The fraction of sp³-hybridized carbons (Fsp3) is 0.538. The number of hydrogen-bond acceptors (Lipinski definition) is 3. The summed E-state index contributed by atoms with van der Waals surface area (Å²) in [6.07, 6.45) is 2.50. The van der Waals surface area contributed by atoms with Gasteiger partial charge in [0.25, 0.3) is 0 Å². The summed E-state index contributed by atoms with van der Waals surface area (Å²) < 4.78 is 5.69. The van der Waals surface area contributed by atoms with Crippen molar-refractivity contribution >= 4 is 11.8 Å². The number of fused-ring (bicyclic) bond motifs is 3. The third-order valence-corrected chi connectivity index (χ3v) is 5.14. The Morgan fingerprint density at radius 1 is 1.50 bits per heavy atom. The van der Waals surface area contributed by atoms with E-state index in [1.165, 1.54) is 23.3 Å². The summed E-state index contributed by atoms with van der Waals surface area (Å²) in [4.78, 5) is 1.43. The maximum atomic E-state index is 5.46. The topological polar surface area (TPSA) is 21.3 Å². The Kier molecular flexibility index (Phi) is 2.70. The van der Waals surface area contributed by atoms with Crippen molar-refractivity contribution in [1.29, 1.82) is 0 Å². The number of rotatable bonds is 2. The first kappa shape index (κ1) is 10.6. The first-order chi connectivity index (χ1) is 7.86. The van der Waals surface area contributed by atoms with Gasteiger partial charge in [0.15, 0.2) is 0 Å². The first-order valence-corrected chi connectivity index (χ1v) is 6.68. The van der Waals surface area contributed by atoms with E-state index >= 15 is 0 Å². The average molecular weight is 235 g/mol. The van der Waals surface area contributed by atoms with E-state index < -0.39 is 0 Å². The zero-order valence-corrected chi connectivity index (χ0v) is 10.3. The van der Waals surface area contributed by atoms with Gasteiger partial charge in [-0.2, -0.15) is 0 Å². The van der Waals surface area contributed by atoms with Gasteiger partial charge in [-0.25, -0.2) is 0 Å². The Labute approximate surface area is 101 Å². The number of hydrogen-bond donors (Lipinski definition) is 1. The molecular weight excluding hydrogens is 218 g/mol. The van der Waals surface area contributed by atoms with Gasteiger partial charge in [0.1, 0.15) is 0 Å². The second kappa shape index (κ2) is 4.06. The number of thioether (sulfide) groups is 1. The smallest absolute Gasteiger partial charge is 0.0635 e. The lowest BCUT2D eigenvalue weighted by Gasteiger charge is -2.38. The van der Waals surface area contributed by atoms with Gasteiger partial charge in [-0.15, -0.1) is 11.8 Å². The normalized spacial score (nSPS) is 32.2.